The number of rotatable bonds is 7. The molecule has 0 saturated carbocycles. The van der Waals surface area contributed by atoms with E-state index >= 15 is 0 Å². The fourth-order valence-electron chi connectivity index (χ4n) is 0.719. The SMILES string of the molecule is C=CCONN[C@H](C(=O)O)C(C)C. The monoisotopic (exact) mass is 188 g/mol. The smallest absolute Gasteiger partial charge is 0.322 e. The van der Waals surface area contributed by atoms with Gasteiger partial charge in [0.05, 0.1) is 6.61 Å². The summed E-state index contributed by atoms with van der Waals surface area (Å²) in [6.45, 7) is 7.37. The molecule has 5 nitrogen and oxygen atoms in total. The van der Waals surface area contributed by atoms with Gasteiger partial charge in [0.2, 0.25) is 0 Å². The van der Waals surface area contributed by atoms with E-state index in [4.69, 9.17) is 9.94 Å². The number of carboxylic acids is 1. The van der Waals surface area contributed by atoms with Crippen LogP contribution in [0.25, 0.3) is 0 Å². The molecule has 0 fully saturated rings. The van der Waals surface area contributed by atoms with Gasteiger partial charge in [0.25, 0.3) is 0 Å². The van der Waals surface area contributed by atoms with Crippen molar-refractivity contribution in [2.75, 3.05) is 6.61 Å². The lowest BCUT2D eigenvalue weighted by molar-refractivity contribution is -0.142. The molecule has 5 heteroatoms. The Morgan fingerprint density at radius 1 is 1.69 bits per heavy atom. The van der Waals surface area contributed by atoms with Crippen molar-refractivity contribution in [2.45, 2.75) is 19.9 Å². The van der Waals surface area contributed by atoms with Crippen LogP contribution >= 0.6 is 0 Å². The number of hydrogen-bond donors (Lipinski definition) is 3. The van der Waals surface area contributed by atoms with Crippen LogP contribution in [0.15, 0.2) is 12.7 Å². The predicted molar refractivity (Wildman–Crippen MR) is 48.7 cm³/mol. The van der Waals surface area contributed by atoms with Gasteiger partial charge >= 0.3 is 5.97 Å². The molecule has 0 amide bonds. The Labute approximate surface area is 77.7 Å². The number of aliphatic carboxylic acids is 1. The second-order valence-electron chi connectivity index (χ2n) is 2.91. The number of carboxylic acid groups (broad SMARTS) is 1. The molecule has 0 spiro atoms. The van der Waals surface area contributed by atoms with Crippen molar-refractivity contribution in [3.8, 4) is 0 Å². The highest BCUT2D eigenvalue weighted by Gasteiger charge is 2.20. The Morgan fingerprint density at radius 2 is 2.31 bits per heavy atom. The summed E-state index contributed by atoms with van der Waals surface area (Å²) in [7, 11) is 0. The molecule has 0 bridgehead atoms. The lowest BCUT2D eigenvalue weighted by Gasteiger charge is -2.17. The van der Waals surface area contributed by atoms with Gasteiger partial charge in [-0.25, -0.2) is 5.43 Å². The Balaban J connectivity index is 3.70. The maximum atomic E-state index is 10.6. The van der Waals surface area contributed by atoms with Gasteiger partial charge in [-0.15, -0.1) is 12.2 Å². The number of hydrogen-bond acceptors (Lipinski definition) is 4. The minimum Gasteiger partial charge on any atom is -0.480 e. The van der Waals surface area contributed by atoms with Gasteiger partial charge in [0.15, 0.2) is 0 Å². The number of carbonyl (C=O) groups is 1. The van der Waals surface area contributed by atoms with Gasteiger partial charge in [0.1, 0.15) is 6.04 Å². The van der Waals surface area contributed by atoms with Crippen LogP contribution in [-0.4, -0.2) is 23.7 Å². The van der Waals surface area contributed by atoms with Crippen LogP contribution in [-0.2, 0) is 9.63 Å². The zero-order chi connectivity index (χ0) is 10.3. The molecule has 0 aliphatic heterocycles. The quantitative estimate of drug-likeness (QED) is 0.305. The number of nitrogens with one attached hydrogen (secondary N) is 2. The second kappa shape index (κ2) is 6.59. The van der Waals surface area contributed by atoms with Crippen molar-refractivity contribution in [3.63, 3.8) is 0 Å². The van der Waals surface area contributed by atoms with Gasteiger partial charge in [-0.2, -0.15) is 0 Å². The molecule has 0 unspecified atom stereocenters. The summed E-state index contributed by atoms with van der Waals surface area (Å²) in [6.07, 6.45) is 1.56. The van der Waals surface area contributed by atoms with E-state index in [-0.39, 0.29) is 5.92 Å². The first-order valence-corrected chi connectivity index (χ1v) is 4.05. The zero-order valence-electron chi connectivity index (χ0n) is 7.91. The third-order valence-electron chi connectivity index (χ3n) is 1.42. The normalized spacial score (nSPS) is 12.8. The molecular formula is C8H16N2O3. The highest BCUT2D eigenvalue weighted by atomic mass is 16.7. The summed E-state index contributed by atoms with van der Waals surface area (Å²) in [4.78, 5) is 15.4. The Morgan fingerprint density at radius 3 is 2.69 bits per heavy atom. The lowest BCUT2D eigenvalue weighted by atomic mass is 10.1. The Hall–Kier alpha value is -0.910. The van der Waals surface area contributed by atoms with Gasteiger partial charge in [-0.3, -0.25) is 9.63 Å². The van der Waals surface area contributed by atoms with Crippen molar-refractivity contribution in [1.82, 2.24) is 11.0 Å². The molecule has 76 valence electrons. The lowest BCUT2D eigenvalue weighted by Crippen LogP contribution is -2.48. The first-order chi connectivity index (χ1) is 6.09. The van der Waals surface area contributed by atoms with E-state index in [2.05, 4.69) is 17.6 Å². The molecular weight excluding hydrogens is 172 g/mol. The molecule has 1 atom stereocenters. The van der Waals surface area contributed by atoms with Crippen molar-refractivity contribution in [2.24, 2.45) is 5.92 Å². The van der Waals surface area contributed by atoms with E-state index < -0.39 is 12.0 Å². The van der Waals surface area contributed by atoms with Crippen molar-refractivity contribution < 1.29 is 14.7 Å². The van der Waals surface area contributed by atoms with Crippen LogP contribution < -0.4 is 11.0 Å². The molecule has 0 radical (unpaired) electrons. The van der Waals surface area contributed by atoms with E-state index in [0.29, 0.717) is 6.61 Å². The molecule has 0 saturated heterocycles. The molecule has 0 aliphatic rings. The van der Waals surface area contributed by atoms with Crippen LogP contribution in [0.2, 0.25) is 0 Å². The van der Waals surface area contributed by atoms with E-state index in [1.165, 1.54) is 0 Å². The fraction of sp³-hybridized carbons (Fsp3) is 0.625. The fourth-order valence-corrected chi connectivity index (χ4v) is 0.719. The third kappa shape index (κ3) is 5.35. The van der Waals surface area contributed by atoms with Gasteiger partial charge < -0.3 is 5.11 Å². The van der Waals surface area contributed by atoms with E-state index in [1.807, 2.05) is 0 Å². The highest BCUT2D eigenvalue weighted by Crippen LogP contribution is 1.99. The third-order valence-corrected chi connectivity index (χ3v) is 1.42. The average Bonchev–Trinajstić information content (AvgIpc) is 2.02. The molecule has 0 aliphatic carbocycles. The zero-order valence-corrected chi connectivity index (χ0v) is 7.91. The minimum absolute atomic E-state index is 0.0164. The molecule has 0 rings (SSSR count). The van der Waals surface area contributed by atoms with Gasteiger partial charge in [0, 0.05) is 0 Å². The Bertz CT molecular complexity index is 171. The summed E-state index contributed by atoms with van der Waals surface area (Å²) in [5.41, 5.74) is 4.88. The van der Waals surface area contributed by atoms with Crippen LogP contribution in [0, 0.1) is 5.92 Å². The largest absolute Gasteiger partial charge is 0.480 e. The van der Waals surface area contributed by atoms with Crippen molar-refractivity contribution in [3.05, 3.63) is 12.7 Å². The van der Waals surface area contributed by atoms with Crippen LogP contribution in [0.3, 0.4) is 0 Å². The van der Waals surface area contributed by atoms with E-state index in [0.717, 1.165) is 0 Å². The van der Waals surface area contributed by atoms with Gasteiger partial charge in [-0.05, 0) is 5.92 Å². The Kier molecular flexibility index (Phi) is 6.13. The van der Waals surface area contributed by atoms with Crippen molar-refractivity contribution >= 4 is 5.97 Å². The predicted octanol–water partition coefficient (Wildman–Crippen LogP) is 0.307. The van der Waals surface area contributed by atoms with Crippen LogP contribution in [0.5, 0.6) is 0 Å². The summed E-state index contributed by atoms with van der Waals surface area (Å²) in [6, 6.07) is -0.662. The molecule has 0 aromatic carbocycles. The van der Waals surface area contributed by atoms with Crippen LogP contribution in [0.1, 0.15) is 13.8 Å². The van der Waals surface area contributed by atoms with Gasteiger partial charge in [-0.1, -0.05) is 19.9 Å². The first kappa shape index (κ1) is 12.1. The minimum atomic E-state index is -0.912. The second-order valence-corrected chi connectivity index (χ2v) is 2.91. The molecule has 0 aromatic rings. The summed E-state index contributed by atoms with van der Waals surface area (Å²) >= 11 is 0. The summed E-state index contributed by atoms with van der Waals surface area (Å²) in [5.74, 6) is -0.929. The molecule has 0 heterocycles. The van der Waals surface area contributed by atoms with Crippen molar-refractivity contribution in [1.29, 1.82) is 0 Å². The maximum Gasteiger partial charge on any atom is 0.322 e. The summed E-state index contributed by atoms with van der Waals surface area (Å²) in [5, 5.41) is 8.72. The van der Waals surface area contributed by atoms with Crippen LogP contribution in [0.4, 0.5) is 0 Å². The standard InChI is InChI=1S/C8H16N2O3/c1-4-5-13-10-9-7(6(2)3)8(11)12/h4,6-7,9-10H,1,5H2,2-3H3,(H,11,12)/t7-/m0/s1. The maximum absolute atomic E-state index is 10.6. The summed E-state index contributed by atoms with van der Waals surface area (Å²) < 4.78 is 0. The van der Waals surface area contributed by atoms with E-state index in [1.54, 1.807) is 19.9 Å². The molecule has 3 N–H and O–H groups in total. The molecule has 0 aromatic heterocycles. The van der Waals surface area contributed by atoms with E-state index in [9.17, 15) is 4.79 Å². The highest BCUT2D eigenvalue weighted by molar-refractivity contribution is 5.73. The average molecular weight is 188 g/mol. The first-order valence-electron chi connectivity index (χ1n) is 4.05. The molecule has 13 heavy (non-hydrogen) atoms. The number of hydrazine groups is 1. The topological polar surface area (TPSA) is 70.6 Å².